The third-order valence-corrected chi connectivity index (χ3v) is 7.69. The zero-order chi connectivity index (χ0) is 30.1. The van der Waals surface area contributed by atoms with Crippen molar-refractivity contribution in [2.24, 2.45) is 0 Å². The summed E-state index contributed by atoms with van der Waals surface area (Å²) in [6.07, 6.45) is 13.6. The first-order valence-electron chi connectivity index (χ1n) is 13.4. The fourth-order valence-corrected chi connectivity index (χ4v) is 5.55. The number of hydrogen-bond acceptors (Lipinski definition) is 13. The fraction of sp³-hybridized carbons (Fsp3) is 0.200. The van der Waals surface area contributed by atoms with Crippen LogP contribution in [0.4, 0.5) is 0 Å². The minimum atomic E-state index is 0.823. The van der Waals surface area contributed by atoms with Crippen LogP contribution in [0.3, 0.4) is 0 Å². The number of hydrogen-bond donors (Lipinski definition) is 0. The lowest BCUT2D eigenvalue weighted by Crippen LogP contribution is -1.96. The number of fused-ring (bicyclic) bond motifs is 5. The van der Waals surface area contributed by atoms with Gasteiger partial charge in [-0.2, -0.15) is 18.9 Å². The maximum atomic E-state index is 4.36. The third-order valence-electron chi connectivity index (χ3n) is 7.16. The molecule has 0 aliphatic heterocycles. The second-order valence-electron chi connectivity index (χ2n) is 9.85. The van der Waals surface area contributed by atoms with Crippen molar-refractivity contribution in [3.8, 4) is 0 Å². The molecule has 212 valence electrons. The Bertz CT molecular complexity index is 2070. The van der Waals surface area contributed by atoms with Crippen molar-refractivity contribution in [1.29, 1.82) is 0 Å². The Balaban J connectivity index is 0.000000116. The van der Waals surface area contributed by atoms with E-state index in [0.717, 1.165) is 88.8 Å². The van der Waals surface area contributed by atoms with Crippen molar-refractivity contribution >= 4 is 66.9 Å². The zero-order valence-electron chi connectivity index (χ0n) is 24.4. The maximum Gasteiger partial charge on any atom is 0.114 e. The molecule has 12 nitrogen and oxygen atoms in total. The Morgan fingerprint density at radius 3 is 0.837 bits per heavy atom. The van der Waals surface area contributed by atoms with Crippen molar-refractivity contribution in [2.45, 2.75) is 41.5 Å². The molecular formula is C30H26N12S. The molecule has 6 heterocycles. The van der Waals surface area contributed by atoms with E-state index >= 15 is 0 Å². The molecule has 0 aliphatic carbocycles. The molecule has 0 aliphatic rings. The van der Waals surface area contributed by atoms with Crippen LogP contribution in [0, 0.1) is 41.5 Å². The standard InChI is InChI=1S/C12H10N4.C10H8N4S.C8H8N4/c1-7-9-11(15-5-3-13-9)8(2)12-10(7)14-4-6-16-12;1-5-7-8(12-4-3-11-7)6(2)10-9(5)13-15-14-10;1-5-7-8(6(2)12-11-5)10-4-3-9-7/h3-6H,1-2H3;3-4H,1-2H3;3-4H,1-2H3. The first kappa shape index (κ1) is 27.8. The zero-order valence-corrected chi connectivity index (χ0v) is 25.2. The highest BCUT2D eigenvalue weighted by atomic mass is 32.1. The summed E-state index contributed by atoms with van der Waals surface area (Å²) >= 11 is 1.24. The minimum absolute atomic E-state index is 0.823. The van der Waals surface area contributed by atoms with Gasteiger partial charge in [0.25, 0.3) is 0 Å². The number of rotatable bonds is 0. The van der Waals surface area contributed by atoms with Gasteiger partial charge in [-0.15, -0.1) is 0 Å². The van der Waals surface area contributed by atoms with Gasteiger partial charge in [0.1, 0.15) is 22.1 Å². The van der Waals surface area contributed by atoms with E-state index in [9.17, 15) is 0 Å². The van der Waals surface area contributed by atoms with Gasteiger partial charge in [0.15, 0.2) is 0 Å². The van der Waals surface area contributed by atoms with Gasteiger partial charge >= 0.3 is 0 Å². The summed E-state index contributed by atoms with van der Waals surface area (Å²) in [5.41, 5.74) is 14.9. The van der Waals surface area contributed by atoms with Gasteiger partial charge < -0.3 is 0 Å². The normalized spacial score (nSPS) is 11.0. The lowest BCUT2D eigenvalue weighted by Gasteiger charge is -2.07. The molecule has 0 N–H and O–H groups in total. The van der Waals surface area contributed by atoms with E-state index in [-0.39, 0.29) is 0 Å². The SMILES string of the molecule is Cc1c2nccnc2c(C)c2nccnc12.Cc1c2nccnc2c(C)c2nsnc12.Cc1nnc(C)c2nccnc12. The highest BCUT2D eigenvalue weighted by Gasteiger charge is 2.13. The summed E-state index contributed by atoms with van der Waals surface area (Å²) in [7, 11) is 0. The van der Waals surface area contributed by atoms with Crippen LogP contribution < -0.4 is 0 Å². The van der Waals surface area contributed by atoms with Crippen LogP contribution in [0.1, 0.15) is 33.6 Å². The van der Waals surface area contributed by atoms with E-state index in [4.69, 9.17) is 0 Å². The molecule has 0 saturated heterocycles. The molecule has 0 unspecified atom stereocenters. The predicted molar refractivity (Wildman–Crippen MR) is 167 cm³/mol. The van der Waals surface area contributed by atoms with Crippen molar-refractivity contribution < 1.29 is 0 Å². The van der Waals surface area contributed by atoms with Gasteiger partial charge in [-0.1, -0.05) is 0 Å². The smallest absolute Gasteiger partial charge is 0.114 e. The summed E-state index contributed by atoms with van der Waals surface area (Å²) in [5.74, 6) is 0. The van der Waals surface area contributed by atoms with Crippen LogP contribution in [-0.2, 0) is 0 Å². The van der Waals surface area contributed by atoms with Crippen molar-refractivity contribution in [3.63, 3.8) is 0 Å². The Labute approximate surface area is 250 Å². The van der Waals surface area contributed by atoms with Crippen LogP contribution in [0.15, 0.2) is 49.6 Å². The molecule has 0 saturated carbocycles. The van der Waals surface area contributed by atoms with E-state index in [0.29, 0.717) is 0 Å². The van der Waals surface area contributed by atoms with Crippen LogP contribution in [0.25, 0.3) is 55.2 Å². The van der Waals surface area contributed by atoms with Gasteiger partial charge in [-0.3, -0.25) is 39.9 Å². The Morgan fingerprint density at radius 1 is 0.326 bits per heavy atom. The third kappa shape index (κ3) is 5.03. The van der Waals surface area contributed by atoms with Crippen molar-refractivity contribution in [2.75, 3.05) is 0 Å². The number of benzene rings is 2. The van der Waals surface area contributed by atoms with E-state index in [2.05, 4.69) is 58.8 Å². The molecule has 0 spiro atoms. The summed E-state index contributed by atoms with van der Waals surface area (Å²) in [5, 5.41) is 7.91. The minimum Gasteiger partial charge on any atom is -0.253 e. The summed E-state index contributed by atoms with van der Waals surface area (Å²) in [6, 6.07) is 0. The highest BCUT2D eigenvalue weighted by molar-refractivity contribution is 7.00. The van der Waals surface area contributed by atoms with Gasteiger partial charge in [0, 0.05) is 71.8 Å². The predicted octanol–water partition coefficient (Wildman–Crippen LogP) is 5.48. The van der Waals surface area contributed by atoms with E-state index in [1.165, 1.54) is 11.7 Å². The maximum absolute atomic E-state index is 4.36. The summed E-state index contributed by atoms with van der Waals surface area (Å²) in [4.78, 5) is 34.5. The van der Waals surface area contributed by atoms with Crippen molar-refractivity contribution in [1.82, 2.24) is 58.8 Å². The largest absolute Gasteiger partial charge is 0.253 e. The highest BCUT2D eigenvalue weighted by Crippen LogP contribution is 2.28. The van der Waals surface area contributed by atoms with Crippen molar-refractivity contribution in [3.05, 3.63) is 83.2 Å². The number of aromatic nitrogens is 12. The molecule has 43 heavy (non-hydrogen) atoms. The second kappa shape index (κ2) is 11.5. The topological polar surface area (TPSA) is 155 Å². The average Bonchev–Trinajstić information content (AvgIpc) is 3.56. The van der Waals surface area contributed by atoms with E-state index in [1.54, 1.807) is 49.6 Å². The Hall–Kier alpha value is -5.30. The molecule has 0 amide bonds. The quantitative estimate of drug-likeness (QED) is 0.207. The first-order chi connectivity index (χ1) is 20.9. The fourth-order valence-electron chi connectivity index (χ4n) is 4.90. The molecule has 13 heteroatoms. The Morgan fingerprint density at radius 2 is 0.558 bits per heavy atom. The van der Waals surface area contributed by atoms with Gasteiger partial charge in [-0.25, -0.2) is 0 Å². The van der Waals surface area contributed by atoms with Gasteiger partial charge in [0.05, 0.1) is 56.2 Å². The molecular weight excluding hydrogens is 560 g/mol. The number of aryl methyl sites for hydroxylation is 6. The summed E-state index contributed by atoms with van der Waals surface area (Å²) < 4.78 is 8.58. The monoisotopic (exact) mass is 586 g/mol. The van der Waals surface area contributed by atoms with Crippen LogP contribution in [0.5, 0.6) is 0 Å². The number of nitrogens with zero attached hydrogens (tertiary/aromatic N) is 12. The lowest BCUT2D eigenvalue weighted by molar-refractivity contribution is 0.950. The lowest BCUT2D eigenvalue weighted by atomic mass is 10.1. The van der Waals surface area contributed by atoms with Crippen LogP contribution >= 0.6 is 11.7 Å². The Kier molecular flexibility index (Phi) is 7.47. The van der Waals surface area contributed by atoms with E-state index < -0.39 is 0 Å². The van der Waals surface area contributed by atoms with E-state index in [1.807, 2.05) is 41.5 Å². The molecule has 6 aromatic heterocycles. The second-order valence-corrected chi connectivity index (χ2v) is 10.4. The molecule has 8 aromatic rings. The first-order valence-corrected chi connectivity index (χ1v) is 14.1. The molecule has 0 bridgehead atoms. The molecule has 0 radical (unpaired) electrons. The van der Waals surface area contributed by atoms with Crippen LogP contribution in [0.2, 0.25) is 0 Å². The van der Waals surface area contributed by atoms with Gasteiger partial charge in [-0.05, 0) is 41.5 Å². The molecule has 0 fully saturated rings. The molecule has 2 aromatic carbocycles. The molecule has 8 rings (SSSR count). The van der Waals surface area contributed by atoms with Crippen LogP contribution in [-0.4, -0.2) is 58.8 Å². The summed E-state index contributed by atoms with van der Waals surface area (Å²) in [6.45, 7) is 11.8. The van der Waals surface area contributed by atoms with Gasteiger partial charge in [0.2, 0.25) is 0 Å². The average molecular weight is 587 g/mol. The molecule has 0 atom stereocenters.